The Morgan fingerprint density at radius 2 is 1.82 bits per heavy atom. The highest BCUT2D eigenvalue weighted by Gasteiger charge is 2.09. The van der Waals surface area contributed by atoms with Crippen molar-refractivity contribution in [2.75, 3.05) is 6.54 Å². The highest BCUT2D eigenvalue weighted by atomic mass is 32.1. The van der Waals surface area contributed by atoms with Crippen LogP contribution in [0.4, 0.5) is 0 Å². The zero-order valence-electron chi connectivity index (χ0n) is 12.0. The van der Waals surface area contributed by atoms with Gasteiger partial charge in [-0.2, -0.15) is 0 Å². The third-order valence-electron chi connectivity index (χ3n) is 3.16. The maximum atomic E-state index is 11.8. The van der Waals surface area contributed by atoms with Gasteiger partial charge in [0, 0.05) is 17.8 Å². The van der Waals surface area contributed by atoms with Crippen LogP contribution in [-0.4, -0.2) is 23.6 Å². The van der Waals surface area contributed by atoms with Crippen LogP contribution in [0.1, 0.15) is 26.5 Å². The molecule has 6 heteroatoms. The summed E-state index contributed by atoms with van der Waals surface area (Å²) in [6.45, 7) is 0.617. The number of nitrogens with one attached hydrogen (secondary N) is 2. The van der Waals surface area contributed by atoms with Crippen molar-refractivity contribution in [3.05, 3.63) is 57.8 Å². The lowest BCUT2D eigenvalue weighted by Crippen LogP contribution is -2.25. The molecule has 0 unspecified atom stereocenters. The molecule has 22 heavy (non-hydrogen) atoms. The molecule has 1 aromatic carbocycles. The second kappa shape index (κ2) is 8.31. The van der Waals surface area contributed by atoms with Crippen molar-refractivity contribution < 1.29 is 14.8 Å². The van der Waals surface area contributed by atoms with Crippen LogP contribution in [0.2, 0.25) is 0 Å². The molecule has 0 saturated carbocycles. The molecule has 1 heterocycles. The summed E-state index contributed by atoms with van der Waals surface area (Å²) in [6.07, 6.45) is 1.78. The quantitative estimate of drug-likeness (QED) is 0.541. The second-order valence-corrected chi connectivity index (χ2v) is 5.96. The number of carbonyl (C=O) groups excluding carboxylic acids is 2. The van der Waals surface area contributed by atoms with Crippen LogP contribution in [0.25, 0.3) is 0 Å². The summed E-state index contributed by atoms with van der Waals surface area (Å²) in [5, 5.41) is 11.4. The molecule has 0 fully saturated rings. The standard InChI is InChI=1S/C16H18N2O3S/c19-15(17-11-10-12-4-2-1-3-5-12)9-7-13-6-8-14(22-13)16(20)18-21/h1-6,8,21H,7,9-11H2,(H,17,19)(H,18,20). The highest BCUT2D eigenvalue weighted by Crippen LogP contribution is 2.17. The first-order valence-corrected chi connectivity index (χ1v) is 7.84. The summed E-state index contributed by atoms with van der Waals surface area (Å²) in [5.74, 6) is -0.527. The van der Waals surface area contributed by atoms with Gasteiger partial charge in [0.05, 0.1) is 4.88 Å². The molecule has 0 spiro atoms. The van der Waals surface area contributed by atoms with Gasteiger partial charge >= 0.3 is 0 Å². The van der Waals surface area contributed by atoms with E-state index in [1.165, 1.54) is 16.9 Å². The molecular formula is C16H18N2O3S. The Morgan fingerprint density at radius 3 is 2.55 bits per heavy atom. The first-order valence-electron chi connectivity index (χ1n) is 7.03. The van der Waals surface area contributed by atoms with Crippen LogP contribution in [0.3, 0.4) is 0 Å². The number of hydroxylamine groups is 1. The summed E-state index contributed by atoms with van der Waals surface area (Å²) in [4.78, 5) is 24.4. The molecule has 2 rings (SSSR count). The van der Waals surface area contributed by atoms with E-state index in [1.807, 2.05) is 30.3 Å². The molecule has 116 valence electrons. The molecule has 1 aromatic heterocycles. The van der Waals surface area contributed by atoms with Crippen LogP contribution >= 0.6 is 11.3 Å². The minimum Gasteiger partial charge on any atom is -0.356 e. The van der Waals surface area contributed by atoms with E-state index >= 15 is 0 Å². The number of hydrogen-bond donors (Lipinski definition) is 3. The summed E-state index contributed by atoms with van der Waals surface area (Å²) < 4.78 is 0. The first-order chi connectivity index (χ1) is 10.7. The lowest BCUT2D eigenvalue weighted by Gasteiger charge is -2.04. The zero-order chi connectivity index (χ0) is 15.8. The number of thiophene rings is 1. The molecule has 0 aliphatic rings. The highest BCUT2D eigenvalue weighted by molar-refractivity contribution is 7.14. The van der Waals surface area contributed by atoms with Crippen molar-refractivity contribution in [2.24, 2.45) is 0 Å². The SMILES string of the molecule is O=C(CCc1ccc(C(=O)NO)s1)NCCc1ccccc1. The smallest absolute Gasteiger partial charge is 0.284 e. The Balaban J connectivity index is 1.69. The first kappa shape index (κ1) is 16.2. The van der Waals surface area contributed by atoms with Gasteiger partial charge < -0.3 is 5.32 Å². The van der Waals surface area contributed by atoms with Gasteiger partial charge in [0.25, 0.3) is 5.91 Å². The van der Waals surface area contributed by atoms with E-state index in [0.717, 1.165) is 11.3 Å². The Kier molecular flexibility index (Phi) is 6.12. The van der Waals surface area contributed by atoms with Crippen molar-refractivity contribution in [1.82, 2.24) is 10.8 Å². The fourth-order valence-electron chi connectivity index (χ4n) is 2.01. The van der Waals surface area contributed by atoms with Crippen LogP contribution in [0.5, 0.6) is 0 Å². The van der Waals surface area contributed by atoms with E-state index in [-0.39, 0.29) is 5.91 Å². The van der Waals surface area contributed by atoms with Crippen molar-refractivity contribution in [2.45, 2.75) is 19.3 Å². The summed E-state index contributed by atoms with van der Waals surface area (Å²) >= 11 is 1.28. The number of amides is 2. The number of carbonyl (C=O) groups is 2. The molecule has 0 radical (unpaired) electrons. The molecule has 5 nitrogen and oxygen atoms in total. The van der Waals surface area contributed by atoms with Crippen LogP contribution in [0.15, 0.2) is 42.5 Å². The second-order valence-electron chi connectivity index (χ2n) is 4.79. The van der Waals surface area contributed by atoms with Crippen molar-refractivity contribution in [3.63, 3.8) is 0 Å². The predicted octanol–water partition coefficient (Wildman–Crippen LogP) is 2.16. The van der Waals surface area contributed by atoms with Crippen LogP contribution in [-0.2, 0) is 17.6 Å². The Morgan fingerprint density at radius 1 is 1.05 bits per heavy atom. The summed E-state index contributed by atoms with van der Waals surface area (Å²) in [6, 6.07) is 13.4. The van der Waals surface area contributed by atoms with Crippen molar-refractivity contribution in [3.8, 4) is 0 Å². The topological polar surface area (TPSA) is 78.4 Å². The fraction of sp³-hybridized carbons (Fsp3) is 0.250. The number of rotatable bonds is 7. The van der Waals surface area contributed by atoms with E-state index < -0.39 is 5.91 Å². The van der Waals surface area contributed by atoms with E-state index in [1.54, 1.807) is 17.6 Å². The molecular weight excluding hydrogens is 300 g/mol. The number of hydrogen-bond acceptors (Lipinski definition) is 4. The summed E-state index contributed by atoms with van der Waals surface area (Å²) in [5.41, 5.74) is 2.79. The number of aryl methyl sites for hydroxylation is 1. The van der Waals surface area contributed by atoms with Crippen molar-refractivity contribution >= 4 is 23.2 Å². The molecule has 0 aliphatic heterocycles. The van der Waals surface area contributed by atoms with E-state index in [2.05, 4.69) is 5.32 Å². The maximum absolute atomic E-state index is 11.8. The molecule has 0 aliphatic carbocycles. The summed E-state index contributed by atoms with van der Waals surface area (Å²) in [7, 11) is 0. The zero-order valence-corrected chi connectivity index (χ0v) is 12.9. The molecule has 2 aromatic rings. The van der Waals surface area contributed by atoms with E-state index in [4.69, 9.17) is 5.21 Å². The molecule has 2 amide bonds. The average Bonchev–Trinajstić information content (AvgIpc) is 3.02. The van der Waals surface area contributed by atoms with Gasteiger partial charge in [-0.3, -0.25) is 14.8 Å². The van der Waals surface area contributed by atoms with Gasteiger partial charge in [0.2, 0.25) is 5.91 Å². The third-order valence-corrected chi connectivity index (χ3v) is 4.31. The Hall–Kier alpha value is -2.18. The van der Waals surface area contributed by atoms with Gasteiger partial charge in [-0.1, -0.05) is 30.3 Å². The van der Waals surface area contributed by atoms with Gasteiger partial charge in [-0.15, -0.1) is 11.3 Å². The van der Waals surface area contributed by atoms with Crippen molar-refractivity contribution in [1.29, 1.82) is 0 Å². The number of benzene rings is 1. The van der Waals surface area contributed by atoms with Gasteiger partial charge in [0.1, 0.15) is 0 Å². The van der Waals surface area contributed by atoms with E-state index in [0.29, 0.717) is 24.3 Å². The molecule has 0 atom stereocenters. The minimum atomic E-state index is -0.524. The fourth-order valence-corrected chi connectivity index (χ4v) is 2.90. The minimum absolute atomic E-state index is 0.00232. The predicted molar refractivity (Wildman–Crippen MR) is 85.0 cm³/mol. The molecule has 0 saturated heterocycles. The largest absolute Gasteiger partial charge is 0.356 e. The van der Waals surface area contributed by atoms with Gasteiger partial charge in [0.15, 0.2) is 0 Å². The lowest BCUT2D eigenvalue weighted by molar-refractivity contribution is -0.121. The Labute approximate surface area is 132 Å². The normalized spacial score (nSPS) is 10.2. The third kappa shape index (κ3) is 4.98. The lowest BCUT2D eigenvalue weighted by atomic mass is 10.1. The maximum Gasteiger partial charge on any atom is 0.284 e. The Bertz CT molecular complexity index is 625. The molecule has 0 bridgehead atoms. The van der Waals surface area contributed by atoms with Crippen LogP contribution in [0, 0.1) is 0 Å². The van der Waals surface area contributed by atoms with Gasteiger partial charge in [-0.05, 0) is 30.5 Å². The van der Waals surface area contributed by atoms with Gasteiger partial charge in [-0.25, -0.2) is 5.48 Å². The van der Waals surface area contributed by atoms with Crippen LogP contribution < -0.4 is 10.8 Å². The monoisotopic (exact) mass is 318 g/mol. The molecule has 3 N–H and O–H groups in total. The average molecular weight is 318 g/mol. The van der Waals surface area contributed by atoms with E-state index in [9.17, 15) is 9.59 Å².